The molecule has 0 atom stereocenters. The summed E-state index contributed by atoms with van der Waals surface area (Å²) in [6, 6.07) is 0. The third-order valence-electron chi connectivity index (χ3n) is 2.68. The third-order valence-corrected chi connectivity index (χ3v) is 2.68. The molecule has 2 aliphatic rings. The monoisotopic (exact) mass is 134 g/mol. The molecule has 0 saturated heterocycles. The van der Waals surface area contributed by atoms with Crippen molar-refractivity contribution in [2.24, 2.45) is 5.92 Å². The highest BCUT2D eigenvalue weighted by molar-refractivity contribution is 5.25. The van der Waals surface area contributed by atoms with E-state index >= 15 is 0 Å². The minimum atomic E-state index is 0.954. The fourth-order valence-electron chi connectivity index (χ4n) is 2.06. The summed E-state index contributed by atoms with van der Waals surface area (Å²) in [7, 11) is 0. The molecular weight excluding hydrogens is 120 g/mol. The molecule has 0 N–H and O–H groups in total. The zero-order valence-electron chi connectivity index (χ0n) is 6.34. The summed E-state index contributed by atoms with van der Waals surface area (Å²) in [6.07, 6.45) is 13.9. The van der Waals surface area contributed by atoms with Gasteiger partial charge in [-0.25, -0.2) is 0 Å². The molecule has 0 aromatic rings. The van der Waals surface area contributed by atoms with Gasteiger partial charge in [0.1, 0.15) is 0 Å². The van der Waals surface area contributed by atoms with E-state index in [4.69, 9.17) is 0 Å². The van der Waals surface area contributed by atoms with Crippen molar-refractivity contribution in [1.29, 1.82) is 0 Å². The Balaban J connectivity index is 1.99. The van der Waals surface area contributed by atoms with Crippen molar-refractivity contribution < 1.29 is 0 Å². The lowest BCUT2D eigenvalue weighted by molar-refractivity contribution is 0.633. The SMILES string of the molecule is C1=CCC(C2CCCC2)=C1. The first kappa shape index (κ1) is 6.21. The van der Waals surface area contributed by atoms with E-state index in [0.717, 1.165) is 5.92 Å². The summed E-state index contributed by atoms with van der Waals surface area (Å²) < 4.78 is 0. The summed E-state index contributed by atoms with van der Waals surface area (Å²) in [5, 5.41) is 0. The van der Waals surface area contributed by atoms with Gasteiger partial charge < -0.3 is 0 Å². The first-order chi connectivity index (χ1) is 4.97. The van der Waals surface area contributed by atoms with Gasteiger partial charge in [-0.05, 0) is 25.2 Å². The molecule has 2 rings (SSSR count). The molecule has 0 aliphatic heterocycles. The van der Waals surface area contributed by atoms with E-state index in [1.165, 1.54) is 32.1 Å². The molecule has 0 bridgehead atoms. The summed E-state index contributed by atoms with van der Waals surface area (Å²) in [5.41, 5.74) is 1.69. The van der Waals surface area contributed by atoms with Crippen molar-refractivity contribution in [1.82, 2.24) is 0 Å². The highest BCUT2D eigenvalue weighted by Gasteiger charge is 2.18. The maximum Gasteiger partial charge on any atom is -0.0130 e. The zero-order valence-corrected chi connectivity index (χ0v) is 6.34. The number of rotatable bonds is 1. The smallest absolute Gasteiger partial charge is 0.0130 e. The largest absolute Gasteiger partial charge is 0.0805 e. The van der Waals surface area contributed by atoms with Gasteiger partial charge in [-0.2, -0.15) is 0 Å². The van der Waals surface area contributed by atoms with Crippen LogP contribution in [-0.2, 0) is 0 Å². The Morgan fingerprint density at radius 3 is 2.60 bits per heavy atom. The van der Waals surface area contributed by atoms with Crippen LogP contribution in [0.5, 0.6) is 0 Å². The van der Waals surface area contributed by atoms with Crippen molar-refractivity contribution in [3.8, 4) is 0 Å². The van der Waals surface area contributed by atoms with Crippen LogP contribution in [0.2, 0.25) is 0 Å². The van der Waals surface area contributed by atoms with Crippen LogP contribution in [0, 0.1) is 5.92 Å². The average molecular weight is 134 g/mol. The van der Waals surface area contributed by atoms with Crippen LogP contribution >= 0.6 is 0 Å². The number of allylic oxidation sites excluding steroid dienone is 4. The fourth-order valence-corrected chi connectivity index (χ4v) is 2.06. The quantitative estimate of drug-likeness (QED) is 0.517. The predicted molar refractivity (Wildman–Crippen MR) is 43.8 cm³/mol. The van der Waals surface area contributed by atoms with E-state index < -0.39 is 0 Å². The van der Waals surface area contributed by atoms with Crippen LogP contribution < -0.4 is 0 Å². The highest BCUT2D eigenvalue weighted by Crippen LogP contribution is 2.34. The predicted octanol–water partition coefficient (Wildman–Crippen LogP) is 3.06. The molecule has 0 amide bonds. The third kappa shape index (κ3) is 1.03. The van der Waals surface area contributed by atoms with Crippen molar-refractivity contribution in [3.63, 3.8) is 0 Å². The Kier molecular flexibility index (Phi) is 1.62. The highest BCUT2D eigenvalue weighted by atomic mass is 14.2. The van der Waals surface area contributed by atoms with Gasteiger partial charge in [0.15, 0.2) is 0 Å². The van der Waals surface area contributed by atoms with E-state index in [1.54, 1.807) is 5.57 Å². The van der Waals surface area contributed by atoms with Gasteiger partial charge in [-0.1, -0.05) is 36.6 Å². The van der Waals surface area contributed by atoms with Crippen molar-refractivity contribution in [2.45, 2.75) is 32.1 Å². The Morgan fingerprint density at radius 1 is 1.20 bits per heavy atom. The standard InChI is InChI=1S/C10H14/c1-2-6-9(5-1)10-7-3-4-8-10/h1-2,5,10H,3-4,6-8H2. The second-order valence-electron chi connectivity index (χ2n) is 3.36. The fraction of sp³-hybridized carbons (Fsp3) is 0.600. The van der Waals surface area contributed by atoms with Crippen LogP contribution in [0.4, 0.5) is 0 Å². The lowest BCUT2D eigenvalue weighted by Gasteiger charge is -2.08. The molecule has 1 fully saturated rings. The van der Waals surface area contributed by atoms with Crippen molar-refractivity contribution in [2.75, 3.05) is 0 Å². The molecule has 0 aromatic carbocycles. The van der Waals surface area contributed by atoms with Gasteiger partial charge in [0, 0.05) is 0 Å². The van der Waals surface area contributed by atoms with Gasteiger partial charge in [0.2, 0.25) is 0 Å². The van der Waals surface area contributed by atoms with Crippen LogP contribution in [0.25, 0.3) is 0 Å². The molecule has 0 unspecified atom stereocenters. The second-order valence-corrected chi connectivity index (χ2v) is 3.36. The molecule has 0 heteroatoms. The summed E-state index contributed by atoms with van der Waals surface area (Å²) in [4.78, 5) is 0. The van der Waals surface area contributed by atoms with Crippen LogP contribution in [0.15, 0.2) is 23.8 Å². The number of hydrogen-bond acceptors (Lipinski definition) is 0. The molecule has 0 heterocycles. The van der Waals surface area contributed by atoms with Crippen LogP contribution in [0.3, 0.4) is 0 Å². The number of hydrogen-bond donors (Lipinski definition) is 0. The lowest BCUT2D eigenvalue weighted by Crippen LogP contribution is -1.94. The first-order valence-corrected chi connectivity index (χ1v) is 4.32. The van der Waals surface area contributed by atoms with Crippen molar-refractivity contribution in [3.05, 3.63) is 23.8 Å². The van der Waals surface area contributed by atoms with E-state index in [2.05, 4.69) is 18.2 Å². The molecule has 0 nitrogen and oxygen atoms in total. The normalized spacial score (nSPS) is 25.8. The van der Waals surface area contributed by atoms with E-state index in [-0.39, 0.29) is 0 Å². The Hall–Kier alpha value is -0.520. The molecule has 2 aliphatic carbocycles. The second kappa shape index (κ2) is 2.61. The maximum atomic E-state index is 2.32. The summed E-state index contributed by atoms with van der Waals surface area (Å²) in [6.45, 7) is 0. The van der Waals surface area contributed by atoms with Crippen LogP contribution in [-0.4, -0.2) is 0 Å². The molecule has 0 spiro atoms. The molecule has 10 heavy (non-hydrogen) atoms. The molecular formula is C10H14. The lowest BCUT2D eigenvalue weighted by atomic mass is 9.97. The Bertz CT molecular complexity index is 168. The van der Waals surface area contributed by atoms with E-state index in [0.29, 0.717) is 0 Å². The van der Waals surface area contributed by atoms with Gasteiger partial charge in [-0.3, -0.25) is 0 Å². The molecule has 0 aromatic heterocycles. The Morgan fingerprint density at radius 2 is 2.00 bits per heavy atom. The summed E-state index contributed by atoms with van der Waals surface area (Å²) >= 11 is 0. The topological polar surface area (TPSA) is 0 Å². The average Bonchev–Trinajstić information content (AvgIpc) is 2.59. The van der Waals surface area contributed by atoms with E-state index in [1.807, 2.05) is 0 Å². The van der Waals surface area contributed by atoms with Gasteiger partial charge in [0.05, 0.1) is 0 Å². The minimum absolute atomic E-state index is 0.954. The van der Waals surface area contributed by atoms with Gasteiger partial charge in [0.25, 0.3) is 0 Å². The molecule has 0 radical (unpaired) electrons. The maximum absolute atomic E-state index is 2.32. The zero-order chi connectivity index (χ0) is 6.81. The van der Waals surface area contributed by atoms with Gasteiger partial charge >= 0.3 is 0 Å². The van der Waals surface area contributed by atoms with Crippen LogP contribution in [0.1, 0.15) is 32.1 Å². The van der Waals surface area contributed by atoms with Gasteiger partial charge in [-0.15, -0.1) is 0 Å². The summed E-state index contributed by atoms with van der Waals surface area (Å²) in [5.74, 6) is 0.954. The first-order valence-electron chi connectivity index (χ1n) is 4.32. The Labute approximate surface area is 62.6 Å². The van der Waals surface area contributed by atoms with Crippen molar-refractivity contribution >= 4 is 0 Å². The minimum Gasteiger partial charge on any atom is -0.0805 e. The van der Waals surface area contributed by atoms with E-state index in [9.17, 15) is 0 Å². The molecule has 1 saturated carbocycles. The molecule has 54 valence electrons.